The molecule has 3 aliphatic carbocycles. The van der Waals surface area contributed by atoms with E-state index >= 15 is 0 Å². The third-order valence-electron chi connectivity index (χ3n) is 7.89. The molecular weight excluding hydrogens is 409 g/mol. The van der Waals surface area contributed by atoms with E-state index in [2.05, 4.69) is 32.0 Å². The van der Waals surface area contributed by atoms with Crippen LogP contribution in [-0.4, -0.2) is 50.9 Å². The van der Waals surface area contributed by atoms with Crippen LogP contribution in [0.4, 0.5) is 0 Å². The molecule has 4 fully saturated rings. The minimum atomic E-state index is -0.663. The molecule has 7 nitrogen and oxygen atoms in total. The zero-order chi connectivity index (χ0) is 23.3. The monoisotopic (exact) mass is 439 g/mol. The fourth-order valence-corrected chi connectivity index (χ4v) is 5.99. The first-order valence-electron chi connectivity index (χ1n) is 11.0. The molecule has 1 saturated heterocycles. The lowest BCUT2D eigenvalue weighted by Gasteiger charge is -2.64. The van der Waals surface area contributed by atoms with Crippen molar-refractivity contribution in [2.24, 2.45) is 17.3 Å². The van der Waals surface area contributed by atoms with E-state index in [1.165, 1.54) is 14.2 Å². The zero-order valence-electron chi connectivity index (χ0n) is 19.3. The Morgan fingerprint density at radius 3 is 2.69 bits per heavy atom. The fourth-order valence-electron chi connectivity index (χ4n) is 5.99. The molecule has 0 spiro atoms. The maximum atomic E-state index is 12.2. The van der Waals surface area contributed by atoms with E-state index in [0.29, 0.717) is 29.6 Å². The highest BCUT2D eigenvalue weighted by Gasteiger charge is 2.68. The Morgan fingerprint density at radius 2 is 2.06 bits per heavy atom. The van der Waals surface area contributed by atoms with Gasteiger partial charge >= 0.3 is 13.1 Å². The number of methoxy groups -OCH3 is 2. The minimum Gasteiger partial charge on any atom is -0.496 e. The van der Waals surface area contributed by atoms with Crippen molar-refractivity contribution in [2.75, 3.05) is 14.2 Å². The Morgan fingerprint density at radius 1 is 1.31 bits per heavy atom. The number of nitrogens with one attached hydrogen (secondary N) is 1. The summed E-state index contributed by atoms with van der Waals surface area (Å²) < 4.78 is 23.3. The van der Waals surface area contributed by atoms with E-state index in [9.17, 15) is 9.59 Å². The van der Waals surface area contributed by atoms with E-state index in [0.717, 1.165) is 18.4 Å². The number of terminal acetylenes is 1. The summed E-state index contributed by atoms with van der Waals surface area (Å²) in [4.78, 5) is 24.3. The molecule has 1 aromatic rings. The van der Waals surface area contributed by atoms with Crippen LogP contribution in [0.1, 0.15) is 49.5 Å². The van der Waals surface area contributed by atoms with Crippen molar-refractivity contribution < 1.29 is 28.4 Å². The van der Waals surface area contributed by atoms with Crippen LogP contribution in [0.25, 0.3) is 0 Å². The average Bonchev–Trinajstić information content (AvgIpc) is 3.14. The highest BCUT2D eigenvalue weighted by atomic mass is 16.7. The van der Waals surface area contributed by atoms with Gasteiger partial charge in [-0.2, -0.15) is 0 Å². The maximum Gasteiger partial charge on any atom is 0.482 e. The van der Waals surface area contributed by atoms with Gasteiger partial charge in [-0.1, -0.05) is 26.0 Å². The normalized spacial score (nSPS) is 30.4. The Hall–Kier alpha value is -2.50. The number of carbonyl (C=O) groups is 2. The summed E-state index contributed by atoms with van der Waals surface area (Å²) in [5.41, 5.74) is 0.819. The number of ether oxygens (including phenoxy) is 2. The summed E-state index contributed by atoms with van der Waals surface area (Å²) >= 11 is 0. The van der Waals surface area contributed by atoms with Gasteiger partial charge in [0.2, 0.25) is 0 Å². The summed E-state index contributed by atoms with van der Waals surface area (Å²) in [6, 6.07) is 5.22. The van der Waals surface area contributed by atoms with Crippen molar-refractivity contribution in [3.8, 4) is 18.1 Å². The highest BCUT2D eigenvalue weighted by molar-refractivity contribution is 6.48. The van der Waals surface area contributed by atoms with Gasteiger partial charge in [0.15, 0.2) is 0 Å². The number of para-hydroxylation sites is 1. The third kappa shape index (κ3) is 3.48. The summed E-state index contributed by atoms with van der Waals surface area (Å²) in [7, 11) is 2.15. The Kier molecular flexibility index (Phi) is 5.76. The first-order valence-corrected chi connectivity index (χ1v) is 11.0. The predicted molar refractivity (Wildman–Crippen MR) is 119 cm³/mol. The molecule has 170 valence electrons. The number of carbonyl (C=O) groups excluding carboxylic acids is 2. The van der Waals surface area contributed by atoms with Crippen LogP contribution in [0.2, 0.25) is 0 Å². The van der Waals surface area contributed by atoms with E-state index in [-0.39, 0.29) is 11.5 Å². The second kappa shape index (κ2) is 8.13. The topological polar surface area (TPSA) is 83.1 Å². The quantitative estimate of drug-likeness (QED) is 0.417. The van der Waals surface area contributed by atoms with Crippen LogP contribution in [0.5, 0.6) is 5.75 Å². The lowest BCUT2D eigenvalue weighted by Crippen LogP contribution is -2.65. The SMILES string of the molecule is C#CC(=O)N[C@@H](Cc1cccc(C(=O)OC)c1OC)B1O[C@@H]2C[C@@H]3C[C@@H](C3(C)C)[C@]2(C)O1. The van der Waals surface area contributed by atoms with Crippen molar-refractivity contribution in [3.63, 3.8) is 0 Å². The molecule has 0 aromatic heterocycles. The molecule has 1 N–H and O–H groups in total. The molecule has 3 saturated carbocycles. The molecule has 4 aliphatic rings. The third-order valence-corrected chi connectivity index (χ3v) is 7.89. The van der Waals surface area contributed by atoms with Crippen molar-refractivity contribution in [1.29, 1.82) is 0 Å². The van der Waals surface area contributed by atoms with Crippen molar-refractivity contribution in [1.82, 2.24) is 5.32 Å². The molecule has 2 bridgehead atoms. The van der Waals surface area contributed by atoms with Crippen LogP contribution < -0.4 is 10.1 Å². The van der Waals surface area contributed by atoms with Gasteiger partial charge < -0.3 is 24.1 Å². The van der Waals surface area contributed by atoms with Crippen molar-refractivity contribution >= 4 is 19.0 Å². The summed E-state index contributed by atoms with van der Waals surface area (Å²) in [6.45, 7) is 6.72. The molecule has 5 rings (SSSR count). The van der Waals surface area contributed by atoms with Gasteiger partial charge in [-0.15, -0.1) is 6.42 Å². The van der Waals surface area contributed by atoms with Crippen LogP contribution in [0, 0.1) is 29.6 Å². The second-order valence-electron chi connectivity index (χ2n) is 9.76. The molecular formula is C24H30BNO6. The Balaban J connectivity index is 1.62. The largest absolute Gasteiger partial charge is 0.496 e. The average molecular weight is 439 g/mol. The second-order valence-corrected chi connectivity index (χ2v) is 9.76. The molecule has 1 heterocycles. The van der Waals surface area contributed by atoms with Crippen LogP contribution >= 0.6 is 0 Å². The number of esters is 1. The number of hydrogen-bond donors (Lipinski definition) is 1. The van der Waals surface area contributed by atoms with Crippen molar-refractivity contribution in [3.05, 3.63) is 29.3 Å². The number of rotatable bonds is 6. The van der Waals surface area contributed by atoms with Gasteiger partial charge in [0, 0.05) is 0 Å². The smallest absolute Gasteiger partial charge is 0.482 e. The molecule has 1 aliphatic heterocycles. The highest BCUT2D eigenvalue weighted by Crippen LogP contribution is 2.65. The summed E-state index contributed by atoms with van der Waals surface area (Å²) in [5, 5.41) is 2.85. The van der Waals surface area contributed by atoms with Crippen molar-refractivity contribution in [2.45, 2.75) is 57.7 Å². The lowest BCUT2D eigenvalue weighted by molar-refractivity contribution is -0.199. The number of amides is 1. The van der Waals surface area contributed by atoms with Crippen LogP contribution in [0.3, 0.4) is 0 Å². The van der Waals surface area contributed by atoms with E-state index in [1.807, 2.05) is 6.07 Å². The summed E-state index contributed by atoms with van der Waals surface area (Å²) in [6.07, 6.45) is 7.68. The molecule has 8 heteroatoms. The Bertz CT molecular complexity index is 972. The van der Waals surface area contributed by atoms with Gasteiger partial charge in [0.1, 0.15) is 11.3 Å². The van der Waals surface area contributed by atoms with Crippen LogP contribution in [-0.2, 0) is 25.3 Å². The maximum absolute atomic E-state index is 12.2. The number of hydrogen-bond acceptors (Lipinski definition) is 6. The molecule has 5 atom stereocenters. The van der Waals surface area contributed by atoms with E-state index in [4.69, 9.17) is 25.2 Å². The Labute approximate surface area is 189 Å². The fraction of sp³-hybridized carbons (Fsp3) is 0.583. The first kappa shape index (κ1) is 22.7. The molecule has 32 heavy (non-hydrogen) atoms. The minimum absolute atomic E-state index is 0.0298. The lowest BCUT2D eigenvalue weighted by atomic mass is 9.43. The van der Waals surface area contributed by atoms with Gasteiger partial charge in [-0.3, -0.25) is 4.79 Å². The van der Waals surface area contributed by atoms with Gasteiger partial charge in [-0.05, 0) is 61.0 Å². The number of benzene rings is 1. The predicted octanol–water partition coefficient (Wildman–Crippen LogP) is 2.41. The van der Waals surface area contributed by atoms with E-state index in [1.54, 1.807) is 12.1 Å². The molecule has 0 radical (unpaired) electrons. The van der Waals surface area contributed by atoms with Gasteiger partial charge in [-0.25, -0.2) is 4.79 Å². The molecule has 0 unspecified atom stereocenters. The van der Waals surface area contributed by atoms with Gasteiger partial charge in [0.25, 0.3) is 5.91 Å². The van der Waals surface area contributed by atoms with Crippen LogP contribution in [0.15, 0.2) is 18.2 Å². The summed E-state index contributed by atoms with van der Waals surface area (Å²) in [5.74, 6) is 1.91. The zero-order valence-corrected chi connectivity index (χ0v) is 19.3. The first-order chi connectivity index (χ1) is 15.1. The molecule has 1 aromatic carbocycles. The standard InChI is InChI=1S/C24H30BNO6/c1-7-20(27)26-19(11-14-9-8-10-16(21(14)29-5)22(28)30-6)25-31-18-13-15-12-17(23(15,2)3)24(18,4)32-25/h1,8-10,15,17-19H,11-13H2,2-6H3,(H,26,27)/t15-,17-,18+,19-,24-/m0/s1. The molecule has 1 amide bonds. The van der Waals surface area contributed by atoms with Gasteiger partial charge in [0.05, 0.1) is 31.9 Å². The van der Waals surface area contributed by atoms with E-state index < -0.39 is 30.5 Å².